The van der Waals surface area contributed by atoms with Gasteiger partial charge in [0, 0.05) is 11.6 Å². The summed E-state index contributed by atoms with van der Waals surface area (Å²) in [7, 11) is 1.39. The Morgan fingerprint density at radius 1 is 1.80 bits per heavy atom. The third-order valence-corrected chi connectivity index (χ3v) is 1.93. The highest BCUT2D eigenvalue weighted by atomic mass is 16.5. The lowest BCUT2D eigenvalue weighted by atomic mass is 9.96. The van der Waals surface area contributed by atoms with E-state index >= 15 is 0 Å². The van der Waals surface area contributed by atoms with Crippen molar-refractivity contribution in [2.24, 2.45) is 5.73 Å². The van der Waals surface area contributed by atoms with E-state index < -0.39 is 0 Å². The molecule has 0 aliphatic heterocycles. The van der Waals surface area contributed by atoms with Crippen LogP contribution in [0.25, 0.3) is 0 Å². The van der Waals surface area contributed by atoms with Crippen LogP contribution in [-0.4, -0.2) is 37.1 Å². The second-order valence-electron chi connectivity index (χ2n) is 3.11. The van der Waals surface area contributed by atoms with Crippen molar-refractivity contribution in [3.63, 3.8) is 0 Å². The summed E-state index contributed by atoms with van der Waals surface area (Å²) in [6, 6.07) is 0.133. The van der Waals surface area contributed by atoms with Gasteiger partial charge >= 0.3 is 5.97 Å². The number of aldehydes is 1. The molecule has 1 unspecified atom stereocenters. The van der Waals surface area contributed by atoms with E-state index in [2.05, 4.69) is 4.74 Å². The molecule has 0 aromatic rings. The quantitative estimate of drug-likeness (QED) is 0.490. The van der Waals surface area contributed by atoms with Crippen LogP contribution in [0.3, 0.4) is 0 Å². The Bertz CT molecular complexity index is 238. The van der Waals surface area contributed by atoms with E-state index in [-0.39, 0.29) is 18.6 Å². The molecular formula is C10H17NO4. The number of esters is 1. The van der Waals surface area contributed by atoms with Crippen LogP contribution in [0.15, 0.2) is 11.6 Å². The second kappa shape index (κ2) is 8.14. The molecule has 0 bridgehead atoms. The summed E-state index contributed by atoms with van der Waals surface area (Å²) in [5.74, 6) is -0.236. The Morgan fingerprint density at radius 3 is 2.80 bits per heavy atom. The van der Waals surface area contributed by atoms with Gasteiger partial charge in [0.15, 0.2) is 0 Å². The minimum Gasteiger partial charge on any atom is -0.466 e. The van der Waals surface area contributed by atoms with Gasteiger partial charge in [-0.25, -0.2) is 4.79 Å². The zero-order valence-electron chi connectivity index (χ0n) is 8.81. The lowest BCUT2D eigenvalue weighted by molar-refractivity contribution is -0.136. The Morgan fingerprint density at radius 2 is 2.40 bits per heavy atom. The number of carbonyl (C=O) groups excluding carboxylic acids is 2. The van der Waals surface area contributed by atoms with Crippen LogP contribution in [0.1, 0.15) is 19.3 Å². The molecule has 0 aromatic carbocycles. The summed E-state index contributed by atoms with van der Waals surface area (Å²) in [4.78, 5) is 19.9. The van der Waals surface area contributed by atoms with Crippen LogP contribution in [0.4, 0.5) is 0 Å². The summed E-state index contributed by atoms with van der Waals surface area (Å²) in [5.41, 5.74) is 6.40. The minimum atomic E-state index is -0.361. The van der Waals surface area contributed by atoms with E-state index in [4.69, 9.17) is 15.6 Å². The maximum atomic E-state index is 11.0. The smallest absolute Gasteiger partial charge is 0.333 e. The maximum Gasteiger partial charge on any atom is 0.333 e. The molecule has 1 aliphatic rings. The van der Waals surface area contributed by atoms with Gasteiger partial charge in [-0.3, -0.25) is 0 Å². The molecule has 0 radical (unpaired) electrons. The first-order valence-electron chi connectivity index (χ1n) is 4.73. The molecule has 1 rings (SSSR count). The van der Waals surface area contributed by atoms with E-state index in [0.29, 0.717) is 12.7 Å². The van der Waals surface area contributed by atoms with E-state index in [1.165, 1.54) is 7.11 Å². The third kappa shape index (κ3) is 5.98. The summed E-state index contributed by atoms with van der Waals surface area (Å²) < 4.78 is 4.58. The molecule has 0 heterocycles. The summed E-state index contributed by atoms with van der Waals surface area (Å²) >= 11 is 0. The van der Waals surface area contributed by atoms with Crippen molar-refractivity contribution in [1.29, 1.82) is 0 Å². The van der Waals surface area contributed by atoms with Gasteiger partial charge in [0.1, 0.15) is 6.29 Å². The van der Waals surface area contributed by atoms with E-state index in [0.717, 1.165) is 18.4 Å². The molecule has 5 nitrogen and oxygen atoms in total. The molecule has 86 valence electrons. The molecule has 0 aromatic heterocycles. The molecule has 5 heteroatoms. The normalized spacial score (nSPS) is 19.4. The molecule has 0 saturated carbocycles. The molecule has 0 spiro atoms. The largest absolute Gasteiger partial charge is 0.466 e. The lowest BCUT2D eigenvalue weighted by Gasteiger charge is -2.16. The molecule has 1 aliphatic carbocycles. The van der Waals surface area contributed by atoms with Crippen LogP contribution in [0.2, 0.25) is 0 Å². The van der Waals surface area contributed by atoms with E-state index in [1.807, 2.05) is 6.08 Å². The van der Waals surface area contributed by atoms with Crippen molar-refractivity contribution in [2.45, 2.75) is 25.3 Å². The van der Waals surface area contributed by atoms with Crippen molar-refractivity contribution < 1.29 is 19.4 Å². The fraction of sp³-hybridized carbons (Fsp3) is 0.600. The zero-order valence-corrected chi connectivity index (χ0v) is 8.81. The maximum absolute atomic E-state index is 11.0. The SMILES string of the molecule is COC(=O)C1=CCCC(N)C1.O=CCO. The fourth-order valence-electron chi connectivity index (χ4n) is 1.24. The number of nitrogens with two attached hydrogens (primary N) is 1. The van der Waals surface area contributed by atoms with Gasteiger partial charge < -0.3 is 20.4 Å². The Labute approximate surface area is 88.9 Å². The van der Waals surface area contributed by atoms with Crippen LogP contribution in [0, 0.1) is 0 Å². The molecule has 0 fully saturated rings. The minimum absolute atomic E-state index is 0.133. The number of hydrogen-bond acceptors (Lipinski definition) is 5. The van der Waals surface area contributed by atoms with Gasteiger partial charge in [-0.2, -0.15) is 0 Å². The van der Waals surface area contributed by atoms with Gasteiger partial charge in [-0.15, -0.1) is 0 Å². The second-order valence-corrected chi connectivity index (χ2v) is 3.11. The average Bonchev–Trinajstić information content (AvgIpc) is 2.28. The Balaban J connectivity index is 0.000000423. The molecule has 3 N–H and O–H groups in total. The summed E-state index contributed by atoms with van der Waals surface area (Å²) in [6.45, 7) is -0.361. The number of aliphatic hydroxyl groups is 1. The number of ether oxygens (including phenoxy) is 1. The van der Waals surface area contributed by atoms with Crippen molar-refractivity contribution >= 4 is 12.3 Å². The lowest BCUT2D eigenvalue weighted by Crippen LogP contribution is -2.25. The Hall–Kier alpha value is -1.20. The van der Waals surface area contributed by atoms with Crippen LogP contribution in [-0.2, 0) is 14.3 Å². The number of rotatable bonds is 2. The van der Waals surface area contributed by atoms with E-state index in [9.17, 15) is 4.79 Å². The standard InChI is InChI=1S/C8H13NO2.C2H4O2/c1-11-8(10)6-3-2-4-7(9)5-6;3-1-2-4/h3,7H,2,4-5,9H2,1H3;1,4H,2H2. The average molecular weight is 215 g/mol. The molecule has 0 saturated heterocycles. The monoisotopic (exact) mass is 215 g/mol. The highest BCUT2D eigenvalue weighted by molar-refractivity contribution is 5.88. The predicted octanol–water partition coefficient (Wildman–Crippen LogP) is -0.225. The summed E-state index contributed by atoms with van der Waals surface area (Å²) in [5, 5.41) is 7.51. The van der Waals surface area contributed by atoms with Gasteiger partial charge in [0.2, 0.25) is 0 Å². The zero-order chi connectivity index (χ0) is 11.7. The highest BCUT2D eigenvalue weighted by Gasteiger charge is 2.17. The first kappa shape index (κ1) is 13.8. The fourth-order valence-corrected chi connectivity index (χ4v) is 1.24. The van der Waals surface area contributed by atoms with Crippen molar-refractivity contribution in [3.8, 4) is 0 Å². The molecule has 15 heavy (non-hydrogen) atoms. The molecule has 1 atom stereocenters. The van der Waals surface area contributed by atoms with Crippen LogP contribution < -0.4 is 5.73 Å². The first-order chi connectivity index (χ1) is 7.15. The van der Waals surface area contributed by atoms with Crippen LogP contribution in [0.5, 0.6) is 0 Å². The molecule has 0 amide bonds. The summed E-state index contributed by atoms with van der Waals surface area (Å²) in [6.07, 6.45) is 4.87. The van der Waals surface area contributed by atoms with Crippen molar-refractivity contribution in [2.75, 3.05) is 13.7 Å². The number of allylic oxidation sites excluding steroid dienone is 1. The number of hydrogen-bond donors (Lipinski definition) is 2. The van der Waals surface area contributed by atoms with Crippen molar-refractivity contribution in [1.82, 2.24) is 0 Å². The first-order valence-corrected chi connectivity index (χ1v) is 4.73. The number of aliphatic hydroxyl groups excluding tert-OH is 1. The van der Waals surface area contributed by atoms with Gasteiger partial charge in [-0.05, 0) is 19.3 Å². The number of methoxy groups -OCH3 is 1. The van der Waals surface area contributed by atoms with Gasteiger partial charge in [0.25, 0.3) is 0 Å². The number of carbonyl (C=O) groups is 2. The predicted molar refractivity (Wildman–Crippen MR) is 55.1 cm³/mol. The third-order valence-electron chi connectivity index (χ3n) is 1.93. The van der Waals surface area contributed by atoms with Crippen LogP contribution >= 0.6 is 0 Å². The van der Waals surface area contributed by atoms with Crippen molar-refractivity contribution in [3.05, 3.63) is 11.6 Å². The van der Waals surface area contributed by atoms with Gasteiger partial charge in [0.05, 0.1) is 13.7 Å². The molecular weight excluding hydrogens is 198 g/mol. The highest BCUT2D eigenvalue weighted by Crippen LogP contribution is 2.17. The topological polar surface area (TPSA) is 89.6 Å². The van der Waals surface area contributed by atoms with Gasteiger partial charge in [-0.1, -0.05) is 6.08 Å². The Kier molecular flexibility index (Phi) is 7.49. The van der Waals surface area contributed by atoms with E-state index in [1.54, 1.807) is 0 Å².